The SMILES string of the molecule is O=C(N[C@@H]1CCS(=O)(=O)C1)c1ccc(NC(=O)c2nsc3ccccc23)cc1. The number of fused-ring (bicyclic) bond motifs is 1. The van der Waals surface area contributed by atoms with Gasteiger partial charge in [-0.15, -0.1) is 0 Å². The predicted molar refractivity (Wildman–Crippen MR) is 109 cm³/mol. The summed E-state index contributed by atoms with van der Waals surface area (Å²) in [5.41, 5.74) is 1.31. The van der Waals surface area contributed by atoms with Gasteiger partial charge in [0.15, 0.2) is 9.84 Å². The number of anilines is 1. The Hall–Kier alpha value is -2.78. The minimum absolute atomic E-state index is 0.0194. The molecule has 0 bridgehead atoms. The molecule has 4 rings (SSSR count). The number of sulfone groups is 1. The molecule has 1 aliphatic heterocycles. The average molecular weight is 415 g/mol. The molecule has 9 heteroatoms. The summed E-state index contributed by atoms with van der Waals surface area (Å²) in [5.74, 6) is -0.556. The van der Waals surface area contributed by atoms with Gasteiger partial charge in [0.05, 0.1) is 16.2 Å². The first-order chi connectivity index (χ1) is 13.4. The van der Waals surface area contributed by atoms with Crippen LogP contribution in [0.5, 0.6) is 0 Å². The molecule has 2 heterocycles. The number of carbonyl (C=O) groups is 2. The number of hydrogen-bond donors (Lipinski definition) is 2. The normalized spacial score (nSPS) is 18.1. The van der Waals surface area contributed by atoms with Gasteiger partial charge in [-0.2, -0.15) is 4.37 Å². The highest BCUT2D eigenvalue weighted by molar-refractivity contribution is 7.91. The van der Waals surface area contributed by atoms with E-state index in [1.165, 1.54) is 11.5 Å². The number of aromatic nitrogens is 1. The van der Waals surface area contributed by atoms with E-state index in [1.807, 2.05) is 24.3 Å². The summed E-state index contributed by atoms with van der Waals surface area (Å²) in [6.45, 7) is 0. The third kappa shape index (κ3) is 3.90. The van der Waals surface area contributed by atoms with Crippen LogP contribution in [0.25, 0.3) is 10.1 Å². The van der Waals surface area contributed by atoms with Gasteiger partial charge in [0.1, 0.15) is 5.69 Å². The highest BCUT2D eigenvalue weighted by atomic mass is 32.2. The Morgan fingerprint density at radius 1 is 1.04 bits per heavy atom. The van der Waals surface area contributed by atoms with Crippen molar-refractivity contribution in [2.75, 3.05) is 16.8 Å². The Morgan fingerprint density at radius 3 is 2.50 bits per heavy atom. The lowest BCUT2D eigenvalue weighted by Crippen LogP contribution is -2.35. The predicted octanol–water partition coefficient (Wildman–Crippen LogP) is 2.47. The van der Waals surface area contributed by atoms with Gasteiger partial charge < -0.3 is 10.6 Å². The quantitative estimate of drug-likeness (QED) is 0.681. The van der Waals surface area contributed by atoms with Crippen LogP contribution < -0.4 is 10.6 Å². The zero-order valence-electron chi connectivity index (χ0n) is 14.7. The second kappa shape index (κ2) is 7.33. The lowest BCUT2D eigenvalue weighted by molar-refractivity contribution is 0.0940. The van der Waals surface area contributed by atoms with E-state index in [0.29, 0.717) is 23.4 Å². The number of amides is 2. The minimum atomic E-state index is -3.05. The standard InChI is InChI=1S/C19H17N3O4S2/c23-18(21-14-9-10-28(25,26)11-14)12-5-7-13(8-6-12)20-19(24)17-15-3-1-2-4-16(15)27-22-17/h1-8,14H,9-11H2,(H,20,24)(H,21,23)/t14-/m1/s1. The van der Waals surface area contributed by atoms with Gasteiger partial charge in [-0.05, 0) is 48.3 Å². The molecule has 0 radical (unpaired) electrons. The smallest absolute Gasteiger partial charge is 0.276 e. The molecule has 0 aliphatic carbocycles. The molecule has 0 spiro atoms. The second-order valence-corrected chi connectivity index (χ2v) is 9.67. The van der Waals surface area contributed by atoms with Crippen LogP contribution in [-0.2, 0) is 9.84 Å². The van der Waals surface area contributed by atoms with Crippen LogP contribution in [0.3, 0.4) is 0 Å². The molecule has 1 fully saturated rings. The van der Waals surface area contributed by atoms with E-state index in [-0.39, 0.29) is 29.4 Å². The fourth-order valence-electron chi connectivity index (χ4n) is 3.12. The van der Waals surface area contributed by atoms with Gasteiger partial charge in [-0.3, -0.25) is 9.59 Å². The van der Waals surface area contributed by atoms with E-state index < -0.39 is 9.84 Å². The van der Waals surface area contributed by atoms with Crippen LogP contribution >= 0.6 is 11.5 Å². The number of benzene rings is 2. The maximum Gasteiger partial charge on any atom is 0.276 e. The van der Waals surface area contributed by atoms with Crippen molar-refractivity contribution in [2.24, 2.45) is 0 Å². The van der Waals surface area contributed by atoms with Crippen molar-refractivity contribution in [1.82, 2.24) is 9.69 Å². The zero-order chi connectivity index (χ0) is 19.7. The number of nitrogens with zero attached hydrogens (tertiary/aromatic N) is 1. The lowest BCUT2D eigenvalue weighted by Gasteiger charge is -2.11. The van der Waals surface area contributed by atoms with Crippen LogP contribution in [-0.4, -0.2) is 42.2 Å². The molecule has 28 heavy (non-hydrogen) atoms. The van der Waals surface area contributed by atoms with E-state index >= 15 is 0 Å². The van der Waals surface area contributed by atoms with Crippen LogP contribution in [0.4, 0.5) is 5.69 Å². The van der Waals surface area contributed by atoms with Crippen LogP contribution in [0.2, 0.25) is 0 Å². The summed E-state index contributed by atoms with van der Waals surface area (Å²) in [6, 6.07) is 13.6. The minimum Gasteiger partial charge on any atom is -0.348 e. The van der Waals surface area contributed by atoms with Crippen LogP contribution in [0, 0.1) is 0 Å². The highest BCUT2D eigenvalue weighted by Gasteiger charge is 2.29. The molecule has 144 valence electrons. The van der Waals surface area contributed by atoms with Crippen LogP contribution in [0.1, 0.15) is 27.3 Å². The summed E-state index contributed by atoms with van der Waals surface area (Å²) < 4.78 is 28.1. The topological polar surface area (TPSA) is 105 Å². The van der Waals surface area contributed by atoms with Gasteiger partial charge in [0.25, 0.3) is 11.8 Å². The molecular formula is C19H17N3O4S2. The molecule has 1 aromatic heterocycles. The third-order valence-corrected chi connectivity index (χ3v) is 7.16. The van der Waals surface area contributed by atoms with Crippen molar-refractivity contribution in [3.63, 3.8) is 0 Å². The van der Waals surface area contributed by atoms with Crippen LogP contribution in [0.15, 0.2) is 48.5 Å². The molecule has 1 atom stereocenters. The van der Waals surface area contributed by atoms with Crippen molar-refractivity contribution >= 4 is 49.0 Å². The summed E-state index contributed by atoms with van der Waals surface area (Å²) in [4.78, 5) is 24.8. The maximum atomic E-state index is 12.5. The van der Waals surface area contributed by atoms with Crippen molar-refractivity contribution in [2.45, 2.75) is 12.5 Å². The number of nitrogens with one attached hydrogen (secondary N) is 2. The second-order valence-electron chi connectivity index (χ2n) is 6.63. The van der Waals surface area contributed by atoms with Gasteiger partial charge in [-0.25, -0.2) is 8.42 Å². The molecular weight excluding hydrogens is 398 g/mol. The number of hydrogen-bond acceptors (Lipinski definition) is 6. The van der Waals surface area contributed by atoms with Gasteiger partial charge >= 0.3 is 0 Å². The van der Waals surface area contributed by atoms with E-state index in [9.17, 15) is 18.0 Å². The molecule has 7 nitrogen and oxygen atoms in total. The highest BCUT2D eigenvalue weighted by Crippen LogP contribution is 2.23. The van der Waals surface area contributed by atoms with E-state index in [1.54, 1.807) is 24.3 Å². The Morgan fingerprint density at radius 2 is 1.79 bits per heavy atom. The maximum absolute atomic E-state index is 12.5. The molecule has 0 unspecified atom stereocenters. The molecule has 0 saturated carbocycles. The molecule has 2 amide bonds. The van der Waals surface area contributed by atoms with Gasteiger partial charge in [0, 0.05) is 22.7 Å². The summed E-state index contributed by atoms with van der Waals surface area (Å²) in [7, 11) is -3.05. The first kappa shape index (κ1) is 18.6. The molecule has 1 aliphatic rings. The monoisotopic (exact) mass is 415 g/mol. The van der Waals surface area contributed by atoms with Gasteiger partial charge in [0.2, 0.25) is 0 Å². The summed E-state index contributed by atoms with van der Waals surface area (Å²) in [5, 5.41) is 6.32. The molecule has 2 aromatic carbocycles. The molecule has 3 aromatic rings. The van der Waals surface area contributed by atoms with Crippen molar-refractivity contribution in [1.29, 1.82) is 0 Å². The largest absolute Gasteiger partial charge is 0.348 e. The Labute approximate surface area is 165 Å². The van der Waals surface area contributed by atoms with E-state index in [0.717, 1.165) is 10.1 Å². The number of rotatable bonds is 4. The fourth-order valence-corrected chi connectivity index (χ4v) is 5.57. The Bertz CT molecular complexity index is 1150. The third-order valence-electron chi connectivity index (χ3n) is 4.57. The molecule has 2 N–H and O–H groups in total. The van der Waals surface area contributed by atoms with Crippen molar-refractivity contribution < 1.29 is 18.0 Å². The fraction of sp³-hybridized carbons (Fsp3) is 0.211. The first-order valence-electron chi connectivity index (χ1n) is 8.68. The summed E-state index contributed by atoms with van der Waals surface area (Å²) in [6.07, 6.45) is 0.434. The van der Waals surface area contributed by atoms with E-state index in [2.05, 4.69) is 15.0 Å². The first-order valence-corrected chi connectivity index (χ1v) is 11.3. The van der Waals surface area contributed by atoms with E-state index in [4.69, 9.17) is 0 Å². The Kier molecular flexibility index (Phi) is 4.86. The average Bonchev–Trinajstić information content (AvgIpc) is 3.25. The molecule has 1 saturated heterocycles. The van der Waals surface area contributed by atoms with Crippen molar-refractivity contribution in [3.05, 3.63) is 59.8 Å². The Balaban J connectivity index is 1.42. The lowest BCUT2D eigenvalue weighted by atomic mass is 10.1. The van der Waals surface area contributed by atoms with Gasteiger partial charge in [-0.1, -0.05) is 18.2 Å². The number of carbonyl (C=O) groups excluding carboxylic acids is 2. The summed E-state index contributed by atoms with van der Waals surface area (Å²) >= 11 is 1.27. The van der Waals surface area contributed by atoms with Crippen molar-refractivity contribution in [3.8, 4) is 0 Å². The zero-order valence-corrected chi connectivity index (χ0v) is 16.3.